The fourth-order valence-corrected chi connectivity index (χ4v) is 4.15. The Balaban J connectivity index is 1.75. The molecule has 0 fully saturated rings. The Kier molecular flexibility index (Phi) is 5.76. The van der Waals surface area contributed by atoms with Crippen molar-refractivity contribution in [2.75, 3.05) is 17.7 Å². The van der Waals surface area contributed by atoms with Crippen LogP contribution in [0.15, 0.2) is 36.4 Å². The van der Waals surface area contributed by atoms with Crippen LogP contribution in [-0.4, -0.2) is 29.3 Å². The fraction of sp³-hybridized carbons (Fsp3) is 0.263. The lowest BCUT2D eigenvalue weighted by Gasteiger charge is -2.15. The van der Waals surface area contributed by atoms with E-state index in [4.69, 9.17) is 4.74 Å². The number of urea groups is 1. The van der Waals surface area contributed by atoms with Crippen LogP contribution in [0.3, 0.4) is 0 Å². The number of ether oxygens (including phenoxy) is 1. The monoisotopic (exact) mass is 416 g/mol. The number of carbonyl (C=O) groups is 2. The van der Waals surface area contributed by atoms with E-state index in [0.717, 1.165) is 10.4 Å². The number of esters is 1. The van der Waals surface area contributed by atoms with Crippen molar-refractivity contribution in [1.29, 1.82) is 0 Å². The van der Waals surface area contributed by atoms with Crippen molar-refractivity contribution in [1.82, 2.24) is 10.2 Å². The van der Waals surface area contributed by atoms with Gasteiger partial charge in [0, 0.05) is 10.4 Å². The highest BCUT2D eigenvalue weighted by molar-refractivity contribution is 7.18. The predicted octanol–water partition coefficient (Wildman–Crippen LogP) is 4.99. The molecule has 0 atom stereocenters. The zero-order valence-corrected chi connectivity index (χ0v) is 17.5. The summed E-state index contributed by atoms with van der Waals surface area (Å²) >= 11 is 2.57. The third-order valence-electron chi connectivity index (χ3n) is 3.76. The maximum absolute atomic E-state index is 12.4. The number of aromatic nitrogens is 2. The molecule has 2 heterocycles. The summed E-state index contributed by atoms with van der Waals surface area (Å²) in [5.74, 6) is -0.488. The molecular formula is C19H20N4O3S2. The third-order valence-corrected chi connectivity index (χ3v) is 6.19. The zero-order chi connectivity index (χ0) is 20.3. The molecule has 0 spiro atoms. The first-order chi connectivity index (χ1) is 13.3. The Labute approximate surface area is 170 Å². The molecule has 9 heteroatoms. The Morgan fingerprint density at radius 2 is 1.75 bits per heavy atom. The molecule has 0 unspecified atom stereocenters. The van der Waals surface area contributed by atoms with E-state index in [1.54, 1.807) is 6.07 Å². The first-order valence-corrected chi connectivity index (χ1v) is 10.1. The SMILES string of the molecule is COC(=O)c1sc(C(C)(C)C)cc1NC(=O)Nc1nnc(-c2ccccc2)s1. The van der Waals surface area contributed by atoms with Crippen molar-refractivity contribution >= 4 is 45.5 Å². The summed E-state index contributed by atoms with van der Waals surface area (Å²) in [6, 6.07) is 10.9. The molecule has 0 aliphatic heterocycles. The van der Waals surface area contributed by atoms with E-state index in [1.807, 2.05) is 51.1 Å². The topological polar surface area (TPSA) is 93.2 Å². The quantitative estimate of drug-likeness (QED) is 0.584. The molecule has 0 aliphatic carbocycles. The third kappa shape index (κ3) is 4.55. The first kappa shape index (κ1) is 20.0. The lowest BCUT2D eigenvalue weighted by Crippen LogP contribution is -2.20. The number of carbonyl (C=O) groups excluding carboxylic acids is 2. The number of benzene rings is 1. The molecule has 0 saturated carbocycles. The van der Waals surface area contributed by atoms with Crippen molar-refractivity contribution in [3.05, 3.63) is 46.2 Å². The number of nitrogens with zero attached hydrogens (tertiary/aromatic N) is 2. The lowest BCUT2D eigenvalue weighted by molar-refractivity contribution is 0.0607. The summed E-state index contributed by atoms with van der Waals surface area (Å²) in [4.78, 5) is 25.8. The Hall–Kier alpha value is -2.78. The van der Waals surface area contributed by atoms with Gasteiger partial charge >= 0.3 is 12.0 Å². The second-order valence-electron chi connectivity index (χ2n) is 6.95. The summed E-state index contributed by atoms with van der Waals surface area (Å²) in [5, 5.41) is 14.5. The van der Waals surface area contributed by atoms with Gasteiger partial charge < -0.3 is 10.1 Å². The zero-order valence-electron chi connectivity index (χ0n) is 15.9. The average Bonchev–Trinajstić information content (AvgIpc) is 3.29. The van der Waals surface area contributed by atoms with Gasteiger partial charge in [-0.25, -0.2) is 9.59 Å². The van der Waals surface area contributed by atoms with Crippen LogP contribution < -0.4 is 10.6 Å². The summed E-state index contributed by atoms with van der Waals surface area (Å²) in [7, 11) is 1.31. The smallest absolute Gasteiger partial charge is 0.350 e. The minimum atomic E-state index is -0.501. The second-order valence-corrected chi connectivity index (χ2v) is 8.98. The number of amides is 2. The first-order valence-electron chi connectivity index (χ1n) is 8.47. The van der Waals surface area contributed by atoms with Crippen LogP contribution >= 0.6 is 22.7 Å². The van der Waals surface area contributed by atoms with Gasteiger partial charge in [0.05, 0.1) is 12.8 Å². The molecule has 0 radical (unpaired) electrons. The molecule has 0 bridgehead atoms. The molecule has 3 aromatic rings. The van der Waals surface area contributed by atoms with Gasteiger partial charge in [0.15, 0.2) is 0 Å². The van der Waals surface area contributed by atoms with Gasteiger partial charge in [-0.1, -0.05) is 62.4 Å². The van der Waals surface area contributed by atoms with Crippen molar-refractivity contribution in [2.45, 2.75) is 26.2 Å². The van der Waals surface area contributed by atoms with Crippen molar-refractivity contribution in [3.8, 4) is 10.6 Å². The summed E-state index contributed by atoms with van der Waals surface area (Å²) < 4.78 is 4.83. The molecule has 7 nitrogen and oxygen atoms in total. The van der Waals surface area contributed by atoms with Gasteiger partial charge in [-0.05, 0) is 11.5 Å². The number of thiophene rings is 1. The maximum atomic E-state index is 12.4. The number of rotatable bonds is 4. The van der Waals surface area contributed by atoms with Gasteiger partial charge in [0.2, 0.25) is 5.13 Å². The van der Waals surface area contributed by atoms with Crippen LogP contribution in [-0.2, 0) is 10.2 Å². The van der Waals surface area contributed by atoms with Gasteiger partial charge in [-0.2, -0.15) is 0 Å². The molecular weight excluding hydrogens is 396 g/mol. The molecule has 28 heavy (non-hydrogen) atoms. The Bertz CT molecular complexity index is 990. The van der Waals surface area contributed by atoms with E-state index in [-0.39, 0.29) is 5.41 Å². The molecule has 0 saturated heterocycles. The molecule has 2 aromatic heterocycles. The number of nitrogens with one attached hydrogen (secondary N) is 2. The van der Waals surface area contributed by atoms with Crippen LogP contribution in [0.4, 0.5) is 15.6 Å². The van der Waals surface area contributed by atoms with E-state index < -0.39 is 12.0 Å². The largest absolute Gasteiger partial charge is 0.465 e. The van der Waals surface area contributed by atoms with E-state index in [2.05, 4.69) is 20.8 Å². The van der Waals surface area contributed by atoms with E-state index in [9.17, 15) is 9.59 Å². The van der Waals surface area contributed by atoms with Crippen LogP contribution in [0.5, 0.6) is 0 Å². The summed E-state index contributed by atoms with van der Waals surface area (Å²) in [6.07, 6.45) is 0. The molecule has 146 valence electrons. The van der Waals surface area contributed by atoms with E-state index >= 15 is 0 Å². The van der Waals surface area contributed by atoms with Crippen LogP contribution in [0.2, 0.25) is 0 Å². The van der Waals surface area contributed by atoms with Gasteiger partial charge in [-0.15, -0.1) is 21.5 Å². The highest BCUT2D eigenvalue weighted by Crippen LogP contribution is 2.36. The van der Waals surface area contributed by atoms with Crippen LogP contribution in [0.1, 0.15) is 35.3 Å². The normalized spacial score (nSPS) is 11.1. The minimum absolute atomic E-state index is 0.159. The number of methoxy groups -OCH3 is 1. The van der Waals surface area contributed by atoms with Gasteiger partial charge in [0.25, 0.3) is 0 Å². The number of hydrogen-bond acceptors (Lipinski definition) is 7. The Morgan fingerprint density at radius 1 is 1.04 bits per heavy atom. The van der Waals surface area contributed by atoms with E-state index in [0.29, 0.717) is 20.7 Å². The molecule has 0 aliphatic rings. The van der Waals surface area contributed by atoms with E-state index in [1.165, 1.54) is 29.8 Å². The van der Waals surface area contributed by atoms with Crippen molar-refractivity contribution in [3.63, 3.8) is 0 Å². The lowest BCUT2D eigenvalue weighted by atomic mass is 9.94. The fourth-order valence-electron chi connectivity index (χ4n) is 2.32. The minimum Gasteiger partial charge on any atom is -0.465 e. The predicted molar refractivity (Wildman–Crippen MR) is 112 cm³/mol. The van der Waals surface area contributed by atoms with Crippen LogP contribution in [0.25, 0.3) is 10.6 Å². The maximum Gasteiger partial charge on any atom is 0.350 e. The molecule has 2 N–H and O–H groups in total. The highest BCUT2D eigenvalue weighted by Gasteiger charge is 2.24. The highest BCUT2D eigenvalue weighted by atomic mass is 32.1. The average molecular weight is 417 g/mol. The van der Waals surface area contributed by atoms with Crippen molar-refractivity contribution in [2.24, 2.45) is 0 Å². The second kappa shape index (κ2) is 8.07. The molecule has 1 aromatic carbocycles. The van der Waals surface area contributed by atoms with Crippen LogP contribution in [0, 0.1) is 0 Å². The summed E-state index contributed by atoms with van der Waals surface area (Å²) in [6.45, 7) is 6.11. The number of anilines is 2. The standard InChI is InChI=1S/C19H20N4O3S2/c1-19(2,3)13-10-12(14(27-13)16(24)26-4)20-17(25)21-18-23-22-15(28-18)11-8-6-5-7-9-11/h5-10H,1-4H3,(H2,20,21,23,25). The van der Waals surface area contributed by atoms with Crippen molar-refractivity contribution < 1.29 is 14.3 Å². The van der Waals surface area contributed by atoms with Gasteiger partial charge in [0.1, 0.15) is 9.88 Å². The van der Waals surface area contributed by atoms with Gasteiger partial charge in [-0.3, -0.25) is 5.32 Å². The Morgan fingerprint density at radius 3 is 2.39 bits per heavy atom. The number of hydrogen-bond donors (Lipinski definition) is 2. The molecule has 2 amide bonds. The summed E-state index contributed by atoms with van der Waals surface area (Å²) in [5.41, 5.74) is 1.18. The molecule has 3 rings (SSSR count).